The van der Waals surface area contributed by atoms with Crippen LogP contribution in [0.3, 0.4) is 0 Å². The summed E-state index contributed by atoms with van der Waals surface area (Å²) in [6.07, 6.45) is 76.1. The predicted molar refractivity (Wildman–Crippen MR) is 316 cm³/mol. The lowest BCUT2D eigenvalue weighted by atomic mass is 10.0. The van der Waals surface area contributed by atoms with Crippen molar-refractivity contribution in [2.45, 2.75) is 361 Å². The molecule has 0 radical (unpaired) electrons. The summed E-state index contributed by atoms with van der Waals surface area (Å²) in [7, 11) is 0. The Morgan fingerprint density at radius 3 is 0.767 bits per heavy atom. The van der Waals surface area contributed by atoms with Gasteiger partial charge in [0.1, 0.15) is 13.2 Å². The van der Waals surface area contributed by atoms with Crippen LogP contribution in [0.2, 0.25) is 0 Å². The van der Waals surface area contributed by atoms with Crippen LogP contribution in [-0.2, 0) is 28.6 Å². The lowest BCUT2D eigenvalue weighted by molar-refractivity contribution is -0.167. The third-order valence-corrected chi connectivity index (χ3v) is 14.6. The van der Waals surface area contributed by atoms with Crippen molar-refractivity contribution in [2.75, 3.05) is 13.2 Å². The van der Waals surface area contributed by atoms with Crippen molar-refractivity contribution in [1.82, 2.24) is 0 Å². The number of hydrogen-bond donors (Lipinski definition) is 0. The van der Waals surface area contributed by atoms with E-state index in [0.717, 1.165) is 64.2 Å². The summed E-state index contributed by atoms with van der Waals surface area (Å²) < 4.78 is 16.9. The molecule has 0 aromatic heterocycles. The van der Waals surface area contributed by atoms with Crippen molar-refractivity contribution in [3.05, 3.63) is 36.5 Å². The zero-order valence-electron chi connectivity index (χ0n) is 49.2. The Morgan fingerprint density at radius 1 is 0.274 bits per heavy atom. The maximum absolute atomic E-state index is 12.9. The van der Waals surface area contributed by atoms with Crippen molar-refractivity contribution >= 4 is 17.9 Å². The minimum absolute atomic E-state index is 0.0692. The molecule has 0 fully saturated rings. The van der Waals surface area contributed by atoms with E-state index >= 15 is 0 Å². The van der Waals surface area contributed by atoms with Gasteiger partial charge >= 0.3 is 17.9 Å². The molecule has 73 heavy (non-hydrogen) atoms. The van der Waals surface area contributed by atoms with Crippen LogP contribution in [0.15, 0.2) is 36.5 Å². The third kappa shape index (κ3) is 60.4. The second kappa shape index (κ2) is 62.2. The maximum atomic E-state index is 12.9. The average molecular weight is 1030 g/mol. The molecule has 1 atom stereocenters. The maximum Gasteiger partial charge on any atom is 0.306 e. The molecule has 428 valence electrons. The first-order valence-electron chi connectivity index (χ1n) is 32.5. The number of esters is 3. The molecule has 1 unspecified atom stereocenters. The molecule has 0 amide bonds. The number of hydrogen-bond acceptors (Lipinski definition) is 6. The van der Waals surface area contributed by atoms with Gasteiger partial charge in [0.05, 0.1) is 0 Å². The summed E-state index contributed by atoms with van der Waals surface area (Å²) in [6.45, 7) is 6.65. The highest BCUT2D eigenvalue weighted by Crippen LogP contribution is 2.17. The van der Waals surface area contributed by atoms with Crippen LogP contribution in [0, 0.1) is 0 Å². The van der Waals surface area contributed by atoms with Gasteiger partial charge in [-0.25, -0.2) is 0 Å². The van der Waals surface area contributed by atoms with E-state index in [-0.39, 0.29) is 31.1 Å². The highest BCUT2D eigenvalue weighted by molar-refractivity contribution is 5.71. The Hall–Kier alpha value is -2.37. The smallest absolute Gasteiger partial charge is 0.306 e. The van der Waals surface area contributed by atoms with Gasteiger partial charge in [-0.3, -0.25) is 14.4 Å². The number of rotatable bonds is 60. The minimum Gasteiger partial charge on any atom is -0.462 e. The summed E-state index contributed by atoms with van der Waals surface area (Å²) in [5.41, 5.74) is 0. The van der Waals surface area contributed by atoms with Crippen molar-refractivity contribution in [1.29, 1.82) is 0 Å². The van der Waals surface area contributed by atoms with E-state index in [1.165, 1.54) is 250 Å². The van der Waals surface area contributed by atoms with Crippen LogP contribution in [0.5, 0.6) is 0 Å². The van der Waals surface area contributed by atoms with Gasteiger partial charge in [0.2, 0.25) is 0 Å². The molecule has 0 aromatic carbocycles. The van der Waals surface area contributed by atoms with Gasteiger partial charge in [-0.1, -0.05) is 295 Å². The Labute approximate surface area is 455 Å². The quantitative estimate of drug-likeness (QED) is 0.0261. The van der Waals surface area contributed by atoms with E-state index in [9.17, 15) is 14.4 Å². The average Bonchev–Trinajstić information content (AvgIpc) is 3.39. The van der Waals surface area contributed by atoms with Crippen LogP contribution < -0.4 is 0 Å². The summed E-state index contributed by atoms with van der Waals surface area (Å²) in [5, 5.41) is 0. The monoisotopic (exact) mass is 1020 g/mol. The number of unbranched alkanes of at least 4 members (excludes halogenated alkanes) is 43. The van der Waals surface area contributed by atoms with Gasteiger partial charge in [0.15, 0.2) is 6.10 Å². The molecular formula is C67H124O6. The van der Waals surface area contributed by atoms with Crippen molar-refractivity contribution in [2.24, 2.45) is 0 Å². The van der Waals surface area contributed by atoms with Crippen molar-refractivity contribution in [3.63, 3.8) is 0 Å². The Bertz CT molecular complexity index is 1220. The van der Waals surface area contributed by atoms with E-state index in [1.807, 2.05) is 0 Å². The van der Waals surface area contributed by atoms with Gasteiger partial charge in [0.25, 0.3) is 0 Å². The van der Waals surface area contributed by atoms with Crippen LogP contribution in [0.1, 0.15) is 355 Å². The highest BCUT2D eigenvalue weighted by Gasteiger charge is 2.19. The zero-order valence-corrected chi connectivity index (χ0v) is 49.2. The summed E-state index contributed by atoms with van der Waals surface area (Å²) in [5.74, 6) is -0.857. The van der Waals surface area contributed by atoms with Gasteiger partial charge in [-0.05, 0) is 77.0 Å². The molecule has 0 aliphatic carbocycles. The molecule has 0 saturated carbocycles. The van der Waals surface area contributed by atoms with Gasteiger partial charge in [-0.2, -0.15) is 0 Å². The summed E-state index contributed by atoms with van der Waals surface area (Å²) >= 11 is 0. The van der Waals surface area contributed by atoms with E-state index in [4.69, 9.17) is 14.2 Å². The number of ether oxygens (including phenoxy) is 3. The van der Waals surface area contributed by atoms with Crippen LogP contribution in [0.25, 0.3) is 0 Å². The van der Waals surface area contributed by atoms with E-state index < -0.39 is 6.10 Å². The third-order valence-electron chi connectivity index (χ3n) is 14.6. The summed E-state index contributed by atoms with van der Waals surface area (Å²) in [4.78, 5) is 38.1. The molecule has 0 saturated heterocycles. The van der Waals surface area contributed by atoms with Crippen LogP contribution in [-0.4, -0.2) is 37.2 Å². The molecule has 0 aromatic rings. The van der Waals surface area contributed by atoms with Crippen molar-refractivity contribution < 1.29 is 28.6 Å². The zero-order chi connectivity index (χ0) is 52.9. The summed E-state index contributed by atoms with van der Waals surface area (Å²) in [6, 6.07) is 0. The molecule has 6 nitrogen and oxygen atoms in total. The standard InChI is InChI=1S/C67H124O6/c1-4-7-10-13-16-19-21-23-25-27-29-30-31-32-33-34-35-36-37-38-39-41-42-44-46-48-51-54-57-60-66(69)72-63-64(62-71-65(68)59-56-53-50-18-15-12-9-6-3)73-67(70)61-58-55-52-49-47-45-43-40-28-26-24-22-20-17-14-11-8-5-2/h21,23,26-29,64H,4-20,22,24-25,30-63H2,1-3H3/b23-21-,28-26-,29-27-. The second-order valence-corrected chi connectivity index (χ2v) is 22.0. The molecule has 0 spiro atoms. The fourth-order valence-corrected chi connectivity index (χ4v) is 9.71. The normalized spacial score (nSPS) is 12.2. The first-order valence-corrected chi connectivity index (χ1v) is 32.5. The van der Waals surface area contributed by atoms with Gasteiger partial charge in [0, 0.05) is 19.3 Å². The van der Waals surface area contributed by atoms with E-state index in [1.54, 1.807) is 0 Å². The Morgan fingerprint density at radius 2 is 0.493 bits per heavy atom. The van der Waals surface area contributed by atoms with Crippen molar-refractivity contribution in [3.8, 4) is 0 Å². The molecule has 0 rings (SSSR count). The molecule has 0 aliphatic rings. The van der Waals surface area contributed by atoms with Crippen LogP contribution >= 0.6 is 0 Å². The molecule has 0 bridgehead atoms. The fourth-order valence-electron chi connectivity index (χ4n) is 9.71. The predicted octanol–water partition coefficient (Wildman–Crippen LogP) is 22.0. The minimum atomic E-state index is -0.770. The van der Waals surface area contributed by atoms with Crippen LogP contribution in [0.4, 0.5) is 0 Å². The second-order valence-electron chi connectivity index (χ2n) is 22.0. The number of carbonyl (C=O) groups is 3. The van der Waals surface area contributed by atoms with E-state index in [2.05, 4.69) is 57.2 Å². The first kappa shape index (κ1) is 70.6. The molecule has 0 aliphatic heterocycles. The lowest BCUT2D eigenvalue weighted by Gasteiger charge is -2.18. The molecule has 0 heterocycles. The number of carbonyl (C=O) groups excluding carboxylic acids is 3. The van der Waals surface area contributed by atoms with E-state index in [0.29, 0.717) is 19.3 Å². The lowest BCUT2D eigenvalue weighted by Crippen LogP contribution is -2.30. The largest absolute Gasteiger partial charge is 0.462 e. The fraction of sp³-hybridized carbons (Fsp3) is 0.866. The van der Waals surface area contributed by atoms with Gasteiger partial charge in [-0.15, -0.1) is 0 Å². The SMILES string of the molecule is CCCCCCC/C=C\C/C=C\CCCCCCCCCCCCCCCCCCCC(=O)OCC(COC(=O)CCCCCCCCCC)OC(=O)CCCCCCCCC/C=C\CCCCCCCCC. The van der Waals surface area contributed by atoms with Gasteiger partial charge < -0.3 is 14.2 Å². The number of allylic oxidation sites excluding steroid dienone is 6. The Balaban J connectivity index is 4.07. The molecule has 0 N–H and O–H groups in total. The highest BCUT2D eigenvalue weighted by atomic mass is 16.6. The Kier molecular flexibility index (Phi) is 60.2. The first-order chi connectivity index (χ1) is 36.0. The molecule has 6 heteroatoms. The topological polar surface area (TPSA) is 78.9 Å². The molecular weight excluding hydrogens is 901 g/mol.